The Balaban J connectivity index is 1.44. The van der Waals surface area contributed by atoms with Crippen LogP contribution < -0.4 is 5.56 Å². The molecule has 1 aliphatic heterocycles. The number of rotatable bonds is 3. The molecule has 0 aliphatic carbocycles. The maximum Gasteiger partial charge on any atom is 0.410 e. The van der Waals surface area contributed by atoms with Gasteiger partial charge < -0.3 is 14.6 Å². The van der Waals surface area contributed by atoms with E-state index < -0.39 is 5.60 Å². The van der Waals surface area contributed by atoms with Crippen LogP contribution in [0.25, 0.3) is 27.5 Å². The molecule has 1 saturated heterocycles. The number of hydrogen-bond donors (Lipinski definition) is 1. The summed E-state index contributed by atoms with van der Waals surface area (Å²) in [5.41, 5.74) is 3.52. The molecule has 0 saturated carbocycles. The van der Waals surface area contributed by atoms with E-state index in [2.05, 4.69) is 10.1 Å². The molecule has 182 valence electrons. The van der Waals surface area contributed by atoms with Gasteiger partial charge in [0.25, 0.3) is 5.56 Å². The molecule has 1 N–H and O–H groups in total. The van der Waals surface area contributed by atoms with Gasteiger partial charge in [0.1, 0.15) is 16.3 Å². The van der Waals surface area contributed by atoms with Gasteiger partial charge in [-0.3, -0.25) is 4.79 Å². The maximum absolute atomic E-state index is 12.7. The molecule has 4 aromatic rings. The summed E-state index contributed by atoms with van der Waals surface area (Å²) in [6, 6.07) is 11.7. The van der Waals surface area contributed by atoms with Gasteiger partial charge in [0.15, 0.2) is 0 Å². The van der Waals surface area contributed by atoms with E-state index in [4.69, 9.17) is 9.72 Å². The fourth-order valence-corrected chi connectivity index (χ4v) is 5.44. The highest BCUT2D eigenvalue weighted by atomic mass is 32.1. The molecule has 1 amide bonds. The summed E-state index contributed by atoms with van der Waals surface area (Å²) >= 11 is 1.63. The molecule has 0 bridgehead atoms. The molecule has 0 radical (unpaired) electrons. The Kier molecular flexibility index (Phi) is 5.96. The lowest BCUT2D eigenvalue weighted by Gasteiger charge is -2.33. The number of fused-ring (bicyclic) bond motifs is 1. The first-order valence-corrected chi connectivity index (χ1v) is 12.6. The topological polar surface area (TPSA) is 92.6 Å². The minimum atomic E-state index is -0.521. The Morgan fingerprint density at radius 1 is 1.17 bits per heavy atom. The molecule has 0 atom stereocenters. The van der Waals surface area contributed by atoms with Gasteiger partial charge >= 0.3 is 6.09 Å². The standard InChI is InChI=1S/C26H29N5O3S/c1-16-22(29-24(35-16)18-8-6-5-7-9-18)19-15-27-31-20(14-21(32)28-23(19)31)17-10-12-30(13-11-17)25(33)34-26(2,3)4/h5-9,14-15,17H,10-13H2,1-4H3,(H,28,32). The van der Waals surface area contributed by atoms with Crippen LogP contribution in [0.4, 0.5) is 4.79 Å². The Morgan fingerprint density at radius 2 is 1.89 bits per heavy atom. The van der Waals surface area contributed by atoms with Gasteiger partial charge in [-0.15, -0.1) is 11.3 Å². The zero-order valence-corrected chi connectivity index (χ0v) is 21.2. The molecule has 0 unspecified atom stereocenters. The predicted octanol–water partition coefficient (Wildman–Crippen LogP) is 5.24. The van der Waals surface area contributed by atoms with Gasteiger partial charge in [-0.05, 0) is 40.5 Å². The lowest BCUT2D eigenvalue weighted by Crippen LogP contribution is -2.41. The van der Waals surface area contributed by atoms with Crippen LogP contribution in [0.3, 0.4) is 0 Å². The number of ether oxygens (including phenoxy) is 1. The van der Waals surface area contributed by atoms with Crippen molar-refractivity contribution < 1.29 is 9.53 Å². The second kappa shape index (κ2) is 8.96. The Morgan fingerprint density at radius 3 is 2.57 bits per heavy atom. The Bertz CT molecular complexity index is 1420. The molecule has 9 heteroatoms. The van der Waals surface area contributed by atoms with Gasteiger partial charge in [0.2, 0.25) is 0 Å². The Labute approximate surface area is 207 Å². The molecule has 5 rings (SSSR count). The molecular formula is C26H29N5O3S. The number of piperidine rings is 1. The van der Waals surface area contributed by atoms with Crippen molar-refractivity contribution in [2.24, 2.45) is 0 Å². The van der Waals surface area contributed by atoms with Gasteiger partial charge in [-0.2, -0.15) is 5.10 Å². The highest BCUT2D eigenvalue weighted by Crippen LogP contribution is 2.35. The minimum Gasteiger partial charge on any atom is -0.444 e. The molecular weight excluding hydrogens is 462 g/mol. The summed E-state index contributed by atoms with van der Waals surface area (Å²) in [5, 5.41) is 5.58. The number of carbonyl (C=O) groups is 1. The molecule has 3 aromatic heterocycles. The summed E-state index contributed by atoms with van der Waals surface area (Å²) in [4.78, 5) is 35.8. The van der Waals surface area contributed by atoms with Crippen molar-refractivity contribution in [3.8, 4) is 21.8 Å². The van der Waals surface area contributed by atoms with Crippen molar-refractivity contribution in [2.45, 2.75) is 52.1 Å². The van der Waals surface area contributed by atoms with E-state index in [1.807, 2.05) is 62.5 Å². The normalized spacial score (nSPS) is 15.0. The van der Waals surface area contributed by atoms with E-state index in [0.29, 0.717) is 18.7 Å². The van der Waals surface area contributed by atoms with E-state index in [0.717, 1.165) is 45.2 Å². The van der Waals surface area contributed by atoms with E-state index >= 15 is 0 Å². The second-order valence-electron chi connectivity index (χ2n) is 9.91. The fourth-order valence-electron chi connectivity index (χ4n) is 4.51. The summed E-state index contributed by atoms with van der Waals surface area (Å²) in [6.45, 7) is 8.80. The SMILES string of the molecule is Cc1sc(-c2ccccc2)nc1-c1cnn2c(C3CCN(C(=O)OC(C)(C)C)CC3)cc(=O)[nH]c12. The smallest absolute Gasteiger partial charge is 0.410 e. The van der Waals surface area contributed by atoms with Crippen LogP contribution in [0.1, 0.15) is 50.1 Å². The van der Waals surface area contributed by atoms with Crippen LogP contribution >= 0.6 is 11.3 Å². The van der Waals surface area contributed by atoms with Crippen LogP contribution in [0.5, 0.6) is 0 Å². The summed E-state index contributed by atoms with van der Waals surface area (Å²) < 4.78 is 7.34. The quantitative estimate of drug-likeness (QED) is 0.423. The second-order valence-corrected chi connectivity index (χ2v) is 11.1. The van der Waals surface area contributed by atoms with E-state index in [1.165, 1.54) is 0 Å². The number of aromatic amines is 1. The number of likely N-dealkylation sites (tertiary alicyclic amines) is 1. The van der Waals surface area contributed by atoms with E-state index in [9.17, 15) is 9.59 Å². The van der Waals surface area contributed by atoms with Crippen molar-refractivity contribution in [2.75, 3.05) is 13.1 Å². The summed E-state index contributed by atoms with van der Waals surface area (Å²) in [6.07, 6.45) is 2.96. The highest BCUT2D eigenvalue weighted by molar-refractivity contribution is 7.15. The number of nitrogens with one attached hydrogen (secondary N) is 1. The number of thiazole rings is 1. The monoisotopic (exact) mass is 491 g/mol. The van der Waals surface area contributed by atoms with Crippen LogP contribution in [-0.4, -0.2) is 49.3 Å². The van der Waals surface area contributed by atoms with Gasteiger partial charge in [-0.1, -0.05) is 30.3 Å². The number of amides is 1. The molecule has 4 heterocycles. The number of aryl methyl sites for hydroxylation is 1. The molecule has 8 nitrogen and oxygen atoms in total. The van der Waals surface area contributed by atoms with Gasteiger partial charge in [0, 0.05) is 35.5 Å². The minimum absolute atomic E-state index is 0.114. The van der Waals surface area contributed by atoms with Crippen molar-refractivity contribution in [3.63, 3.8) is 0 Å². The van der Waals surface area contributed by atoms with E-state index in [-0.39, 0.29) is 17.6 Å². The third-order valence-corrected chi connectivity index (χ3v) is 7.19. The number of H-pyrrole nitrogens is 1. The summed E-state index contributed by atoms with van der Waals surface area (Å²) in [7, 11) is 0. The van der Waals surface area contributed by atoms with Crippen molar-refractivity contribution in [1.82, 2.24) is 24.5 Å². The van der Waals surface area contributed by atoms with Crippen LogP contribution in [0, 0.1) is 6.92 Å². The molecule has 1 aromatic carbocycles. The number of nitrogens with zero attached hydrogens (tertiary/aromatic N) is 4. The number of carbonyl (C=O) groups excluding carboxylic acids is 1. The van der Waals surface area contributed by atoms with Crippen LogP contribution in [-0.2, 0) is 4.74 Å². The predicted molar refractivity (Wildman–Crippen MR) is 137 cm³/mol. The first-order chi connectivity index (χ1) is 16.7. The highest BCUT2D eigenvalue weighted by Gasteiger charge is 2.29. The zero-order valence-electron chi connectivity index (χ0n) is 20.4. The molecule has 35 heavy (non-hydrogen) atoms. The third-order valence-electron chi connectivity index (χ3n) is 6.17. The molecule has 1 aliphatic rings. The van der Waals surface area contributed by atoms with Crippen LogP contribution in [0.2, 0.25) is 0 Å². The molecule has 1 fully saturated rings. The van der Waals surface area contributed by atoms with Crippen molar-refractivity contribution in [1.29, 1.82) is 0 Å². The molecule has 0 spiro atoms. The zero-order chi connectivity index (χ0) is 24.7. The number of aromatic nitrogens is 4. The van der Waals surface area contributed by atoms with Crippen molar-refractivity contribution in [3.05, 3.63) is 63.5 Å². The summed E-state index contributed by atoms with van der Waals surface area (Å²) in [5.74, 6) is 0.114. The van der Waals surface area contributed by atoms with Gasteiger partial charge in [-0.25, -0.2) is 14.3 Å². The fraction of sp³-hybridized carbons (Fsp3) is 0.385. The first-order valence-electron chi connectivity index (χ1n) is 11.8. The largest absolute Gasteiger partial charge is 0.444 e. The number of benzene rings is 1. The third kappa shape index (κ3) is 4.73. The first kappa shape index (κ1) is 23.3. The average molecular weight is 492 g/mol. The van der Waals surface area contributed by atoms with E-state index in [1.54, 1.807) is 28.5 Å². The lowest BCUT2D eigenvalue weighted by molar-refractivity contribution is 0.0203. The van der Waals surface area contributed by atoms with Gasteiger partial charge in [0.05, 0.1) is 23.1 Å². The van der Waals surface area contributed by atoms with Crippen molar-refractivity contribution >= 4 is 23.1 Å². The lowest BCUT2D eigenvalue weighted by atomic mass is 9.93. The van der Waals surface area contributed by atoms with Crippen LogP contribution in [0.15, 0.2) is 47.4 Å². The maximum atomic E-state index is 12.7. The number of hydrogen-bond acceptors (Lipinski definition) is 6. The Hall–Kier alpha value is -3.46. The average Bonchev–Trinajstić information content (AvgIpc) is 3.41.